The van der Waals surface area contributed by atoms with E-state index in [1.165, 1.54) is 6.07 Å². The molecule has 0 saturated carbocycles. The summed E-state index contributed by atoms with van der Waals surface area (Å²) in [6, 6.07) is 6.21. The molecule has 0 aromatic heterocycles. The Morgan fingerprint density at radius 2 is 2.22 bits per heavy atom. The van der Waals surface area contributed by atoms with Crippen molar-refractivity contribution < 1.29 is 4.39 Å². The highest BCUT2D eigenvalue weighted by Crippen LogP contribution is 2.18. The van der Waals surface area contributed by atoms with Gasteiger partial charge in [0.05, 0.1) is 0 Å². The fraction of sp³-hybridized carbons (Fsp3) is 0.571. The van der Waals surface area contributed by atoms with Crippen LogP contribution in [0.15, 0.2) is 22.7 Å². The predicted molar refractivity (Wildman–Crippen MR) is 76.1 cm³/mol. The van der Waals surface area contributed by atoms with E-state index in [0.717, 1.165) is 36.0 Å². The number of likely N-dealkylation sites (tertiary alicyclic amines) is 1. The van der Waals surface area contributed by atoms with E-state index in [9.17, 15) is 4.39 Å². The van der Waals surface area contributed by atoms with E-state index in [1.807, 2.05) is 6.07 Å². The molecule has 2 rings (SSSR count). The molecule has 1 aliphatic rings. The van der Waals surface area contributed by atoms with E-state index in [0.29, 0.717) is 12.1 Å². The Morgan fingerprint density at radius 1 is 1.44 bits per heavy atom. The SMILES string of the molecule is CC1CC(NCc2cc(F)cc(Br)c2)CCN1C. The van der Waals surface area contributed by atoms with Crippen LogP contribution in [0.4, 0.5) is 4.39 Å². The van der Waals surface area contributed by atoms with E-state index in [-0.39, 0.29) is 5.82 Å². The molecule has 0 radical (unpaired) electrons. The van der Waals surface area contributed by atoms with Gasteiger partial charge in [-0.05, 0) is 57.1 Å². The first-order chi connectivity index (χ1) is 8.54. The van der Waals surface area contributed by atoms with Crippen LogP contribution in [-0.2, 0) is 6.54 Å². The number of piperidine rings is 1. The lowest BCUT2D eigenvalue weighted by Crippen LogP contribution is -2.45. The molecule has 0 bridgehead atoms. The smallest absolute Gasteiger partial charge is 0.124 e. The Labute approximate surface area is 117 Å². The predicted octanol–water partition coefficient (Wildman–Crippen LogP) is 3.16. The van der Waals surface area contributed by atoms with Crippen molar-refractivity contribution in [2.24, 2.45) is 0 Å². The molecule has 2 unspecified atom stereocenters. The van der Waals surface area contributed by atoms with Crippen LogP contribution in [0, 0.1) is 5.82 Å². The Balaban J connectivity index is 1.88. The minimum Gasteiger partial charge on any atom is -0.310 e. The van der Waals surface area contributed by atoms with Crippen LogP contribution in [0.1, 0.15) is 25.3 Å². The number of nitrogens with zero attached hydrogens (tertiary/aromatic N) is 1. The molecule has 1 fully saturated rings. The standard InChI is InChI=1S/C14H20BrFN2/c1-10-5-14(3-4-18(10)2)17-9-11-6-12(15)8-13(16)7-11/h6-8,10,14,17H,3-5,9H2,1-2H3. The molecule has 4 heteroatoms. The van der Waals surface area contributed by atoms with Crippen molar-refractivity contribution >= 4 is 15.9 Å². The Hall–Kier alpha value is -0.450. The van der Waals surface area contributed by atoms with Gasteiger partial charge in [0.1, 0.15) is 5.82 Å². The molecule has 2 atom stereocenters. The zero-order chi connectivity index (χ0) is 13.1. The van der Waals surface area contributed by atoms with E-state index in [4.69, 9.17) is 0 Å². The lowest BCUT2D eigenvalue weighted by molar-refractivity contribution is 0.168. The van der Waals surface area contributed by atoms with Crippen molar-refractivity contribution in [1.29, 1.82) is 0 Å². The van der Waals surface area contributed by atoms with Gasteiger partial charge in [-0.25, -0.2) is 4.39 Å². The second-order valence-electron chi connectivity index (χ2n) is 5.21. The fourth-order valence-corrected chi connectivity index (χ4v) is 2.96. The van der Waals surface area contributed by atoms with E-state index in [2.05, 4.69) is 40.1 Å². The summed E-state index contributed by atoms with van der Waals surface area (Å²) in [4.78, 5) is 2.39. The van der Waals surface area contributed by atoms with Crippen molar-refractivity contribution in [3.63, 3.8) is 0 Å². The molecule has 0 amide bonds. The first-order valence-corrected chi connectivity index (χ1v) is 7.22. The second kappa shape index (κ2) is 6.13. The largest absolute Gasteiger partial charge is 0.310 e. The molecule has 0 spiro atoms. The Kier molecular flexibility index (Phi) is 4.76. The van der Waals surface area contributed by atoms with Gasteiger partial charge in [-0.15, -0.1) is 0 Å². The van der Waals surface area contributed by atoms with Gasteiger partial charge in [-0.2, -0.15) is 0 Å². The number of hydrogen-bond acceptors (Lipinski definition) is 2. The van der Waals surface area contributed by atoms with Crippen molar-refractivity contribution in [1.82, 2.24) is 10.2 Å². The third kappa shape index (κ3) is 3.77. The average molecular weight is 315 g/mol. The Bertz CT molecular complexity index is 391. The molecule has 0 aliphatic carbocycles. The minimum atomic E-state index is -0.182. The molecule has 1 aromatic carbocycles. The molecule has 2 nitrogen and oxygen atoms in total. The third-order valence-electron chi connectivity index (χ3n) is 3.73. The van der Waals surface area contributed by atoms with Crippen LogP contribution in [0.5, 0.6) is 0 Å². The molecular weight excluding hydrogens is 295 g/mol. The highest BCUT2D eigenvalue weighted by molar-refractivity contribution is 9.10. The summed E-state index contributed by atoms with van der Waals surface area (Å²) in [5.74, 6) is -0.182. The summed E-state index contributed by atoms with van der Waals surface area (Å²) in [5.41, 5.74) is 0.994. The van der Waals surface area contributed by atoms with Crippen LogP contribution in [0.2, 0.25) is 0 Å². The molecule has 18 heavy (non-hydrogen) atoms. The Morgan fingerprint density at radius 3 is 2.89 bits per heavy atom. The monoisotopic (exact) mass is 314 g/mol. The quantitative estimate of drug-likeness (QED) is 0.922. The highest BCUT2D eigenvalue weighted by Gasteiger charge is 2.22. The van der Waals surface area contributed by atoms with Crippen LogP contribution < -0.4 is 5.32 Å². The number of halogens is 2. The minimum absolute atomic E-state index is 0.182. The van der Waals surface area contributed by atoms with Crippen LogP contribution >= 0.6 is 15.9 Å². The number of nitrogens with one attached hydrogen (secondary N) is 1. The van der Waals surface area contributed by atoms with Gasteiger partial charge in [0.15, 0.2) is 0 Å². The van der Waals surface area contributed by atoms with Gasteiger partial charge in [0.25, 0.3) is 0 Å². The van der Waals surface area contributed by atoms with Crippen LogP contribution in [-0.4, -0.2) is 30.6 Å². The number of rotatable bonds is 3. The van der Waals surface area contributed by atoms with E-state index in [1.54, 1.807) is 6.07 Å². The van der Waals surface area contributed by atoms with Crippen molar-refractivity contribution in [2.75, 3.05) is 13.6 Å². The van der Waals surface area contributed by atoms with E-state index >= 15 is 0 Å². The molecule has 100 valence electrons. The number of benzene rings is 1. The summed E-state index contributed by atoms with van der Waals surface area (Å²) in [6.45, 7) is 4.12. The van der Waals surface area contributed by atoms with Gasteiger partial charge in [0.2, 0.25) is 0 Å². The van der Waals surface area contributed by atoms with Crippen molar-refractivity contribution in [2.45, 2.75) is 38.4 Å². The lowest BCUT2D eigenvalue weighted by atomic mass is 9.99. The normalized spacial score (nSPS) is 25.3. The number of hydrogen-bond donors (Lipinski definition) is 1. The fourth-order valence-electron chi connectivity index (χ4n) is 2.45. The summed E-state index contributed by atoms with van der Waals surface area (Å²) in [7, 11) is 2.17. The second-order valence-corrected chi connectivity index (χ2v) is 6.13. The van der Waals surface area contributed by atoms with E-state index < -0.39 is 0 Å². The maximum absolute atomic E-state index is 13.2. The molecule has 1 saturated heterocycles. The van der Waals surface area contributed by atoms with Gasteiger partial charge in [0, 0.05) is 23.1 Å². The molecule has 1 aromatic rings. The van der Waals surface area contributed by atoms with Gasteiger partial charge in [-0.1, -0.05) is 15.9 Å². The zero-order valence-corrected chi connectivity index (χ0v) is 12.5. The topological polar surface area (TPSA) is 15.3 Å². The first kappa shape index (κ1) is 14.0. The summed E-state index contributed by atoms with van der Waals surface area (Å²) in [5, 5.41) is 3.53. The van der Waals surface area contributed by atoms with Crippen LogP contribution in [0.3, 0.4) is 0 Å². The summed E-state index contributed by atoms with van der Waals surface area (Å²) in [6.07, 6.45) is 2.32. The maximum Gasteiger partial charge on any atom is 0.124 e. The summed E-state index contributed by atoms with van der Waals surface area (Å²) >= 11 is 3.32. The van der Waals surface area contributed by atoms with Gasteiger partial charge in [-0.3, -0.25) is 0 Å². The third-order valence-corrected chi connectivity index (χ3v) is 4.18. The first-order valence-electron chi connectivity index (χ1n) is 6.43. The molecule has 1 heterocycles. The molecule has 1 N–H and O–H groups in total. The van der Waals surface area contributed by atoms with Gasteiger partial charge < -0.3 is 10.2 Å². The zero-order valence-electron chi connectivity index (χ0n) is 10.9. The average Bonchev–Trinajstić information content (AvgIpc) is 2.29. The van der Waals surface area contributed by atoms with Crippen LogP contribution in [0.25, 0.3) is 0 Å². The highest BCUT2D eigenvalue weighted by atomic mass is 79.9. The molecule has 1 aliphatic heterocycles. The van der Waals surface area contributed by atoms with Crippen molar-refractivity contribution in [3.8, 4) is 0 Å². The molecular formula is C14H20BrFN2. The lowest BCUT2D eigenvalue weighted by Gasteiger charge is -2.35. The maximum atomic E-state index is 13.2. The summed E-state index contributed by atoms with van der Waals surface area (Å²) < 4.78 is 14.0. The van der Waals surface area contributed by atoms with Crippen molar-refractivity contribution in [3.05, 3.63) is 34.1 Å². The van der Waals surface area contributed by atoms with Gasteiger partial charge >= 0.3 is 0 Å².